The highest BCUT2D eigenvalue weighted by Crippen LogP contribution is 2.40. The van der Waals surface area contributed by atoms with Crippen LogP contribution in [0.25, 0.3) is 0 Å². The number of benzene rings is 1. The van der Waals surface area contributed by atoms with E-state index in [9.17, 15) is 4.39 Å². The molecule has 1 saturated carbocycles. The molecule has 2 aromatic rings. The molecule has 3 heterocycles. The topological polar surface area (TPSA) is 56.3 Å². The lowest BCUT2D eigenvalue weighted by Crippen LogP contribution is -2.41. The molecule has 0 radical (unpaired) electrons. The summed E-state index contributed by atoms with van der Waals surface area (Å²) in [6.45, 7) is 6.10. The molecule has 8 heteroatoms. The Labute approximate surface area is 220 Å². The molecule has 5 rings (SSSR count). The van der Waals surface area contributed by atoms with Crippen molar-refractivity contribution in [3.05, 3.63) is 41.7 Å². The molecule has 36 heavy (non-hydrogen) atoms. The van der Waals surface area contributed by atoms with Crippen LogP contribution >= 0.6 is 12.2 Å². The van der Waals surface area contributed by atoms with E-state index in [4.69, 9.17) is 22.2 Å². The SMILES string of the molecule is C[C@@H]1CCCCN1c1cc(N2CCCCC2)nc(NC(=S)NCC2(c3ccc(F)cc3)CCCC2)n1. The third-order valence-electron chi connectivity index (χ3n) is 8.31. The summed E-state index contributed by atoms with van der Waals surface area (Å²) in [5.74, 6) is 2.34. The third-order valence-corrected chi connectivity index (χ3v) is 8.55. The second-order valence-electron chi connectivity index (χ2n) is 10.8. The van der Waals surface area contributed by atoms with Crippen LogP contribution in [0.2, 0.25) is 0 Å². The van der Waals surface area contributed by atoms with Crippen molar-refractivity contribution in [3.8, 4) is 0 Å². The highest BCUT2D eigenvalue weighted by Gasteiger charge is 2.35. The minimum Gasteiger partial charge on any atom is -0.361 e. The van der Waals surface area contributed by atoms with Crippen LogP contribution in [0, 0.1) is 5.82 Å². The van der Waals surface area contributed by atoms with Crippen LogP contribution in [-0.2, 0) is 5.41 Å². The van der Waals surface area contributed by atoms with Crippen molar-refractivity contribution in [1.29, 1.82) is 0 Å². The van der Waals surface area contributed by atoms with Crippen LogP contribution < -0.4 is 20.4 Å². The van der Waals surface area contributed by atoms with Crippen molar-refractivity contribution in [2.24, 2.45) is 0 Å². The number of aromatic nitrogens is 2. The molecule has 1 aliphatic carbocycles. The number of hydrogen-bond donors (Lipinski definition) is 2. The third kappa shape index (κ3) is 5.74. The maximum absolute atomic E-state index is 13.5. The number of rotatable bonds is 6. The number of hydrogen-bond acceptors (Lipinski definition) is 5. The molecule has 3 aliphatic rings. The van der Waals surface area contributed by atoms with Crippen molar-refractivity contribution in [2.45, 2.75) is 82.6 Å². The Balaban J connectivity index is 1.32. The fourth-order valence-electron chi connectivity index (χ4n) is 6.17. The van der Waals surface area contributed by atoms with Gasteiger partial charge in [-0.05, 0) is 88.2 Å². The van der Waals surface area contributed by atoms with E-state index in [2.05, 4.69) is 33.4 Å². The van der Waals surface area contributed by atoms with E-state index < -0.39 is 0 Å². The first-order chi connectivity index (χ1) is 17.5. The number of piperidine rings is 2. The molecule has 0 unspecified atom stereocenters. The fourth-order valence-corrected chi connectivity index (χ4v) is 6.33. The van der Waals surface area contributed by atoms with Gasteiger partial charge in [0.15, 0.2) is 5.11 Å². The van der Waals surface area contributed by atoms with E-state index in [0.717, 1.165) is 44.1 Å². The van der Waals surface area contributed by atoms with Gasteiger partial charge in [0.05, 0.1) is 0 Å². The Hall–Kier alpha value is -2.48. The van der Waals surface area contributed by atoms with Gasteiger partial charge in [0, 0.05) is 43.7 Å². The van der Waals surface area contributed by atoms with Gasteiger partial charge >= 0.3 is 0 Å². The molecule has 2 aliphatic heterocycles. The lowest BCUT2D eigenvalue weighted by Gasteiger charge is -2.35. The molecule has 1 aromatic heterocycles. The Kier molecular flexibility index (Phi) is 7.89. The van der Waals surface area contributed by atoms with Crippen LogP contribution in [0.15, 0.2) is 30.3 Å². The van der Waals surface area contributed by atoms with E-state index >= 15 is 0 Å². The van der Waals surface area contributed by atoms with Crippen LogP contribution in [0.4, 0.5) is 22.0 Å². The highest BCUT2D eigenvalue weighted by atomic mass is 32.1. The Morgan fingerprint density at radius 2 is 1.67 bits per heavy atom. The molecule has 1 aromatic carbocycles. The van der Waals surface area contributed by atoms with E-state index in [1.807, 2.05) is 12.1 Å². The number of thiocarbonyl (C=S) groups is 1. The molecule has 6 nitrogen and oxygen atoms in total. The smallest absolute Gasteiger partial charge is 0.232 e. The summed E-state index contributed by atoms with van der Waals surface area (Å²) in [6, 6.07) is 9.62. The molecular formula is C28H39FN6S. The predicted molar refractivity (Wildman–Crippen MR) is 150 cm³/mol. The highest BCUT2D eigenvalue weighted by molar-refractivity contribution is 7.80. The second kappa shape index (κ2) is 11.3. The number of nitrogens with zero attached hydrogens (tertiary/aromatic N) is 4. The standard InChI is InChI=1S/C28H39FN6S/c1-21-9-3-8-18-35(21)25-19-24(34-16-6-2-7-17-34)31-26(32-25)33-27(36)30-20-28(14-4-5-15-28)22-10-12-23(29)13-11-22/h10-13,19,21H,2-9,14-18,20H2,1H3,(H2,30,31,32,33,36)/t21-/m1/s1. The molecule has 3 fully saturated rings. The van der Waals surface area contributed by atoms with Crippen molar-refractivity contribution >= 4 is 34.9 Å². The van der Waals surface area contributed by atoms with Crippen molar-refractivity contribution in [1.82, 2.24) is 15.3 Å². The zero-order valence-corrected chi connectivity index (χ0v) is 22.3. The predicted octanol–water partition coefficient (Wildman–Crippen LogP) is 5.78. The quantitative estimate of drug-likeness (QED) is 0.478. The summed E-state index contributed by atoms with van der Waals surface area (Å²) in [4.78, 5) is 14.6. The Morgan fingerprint density at radius 1 is 0.972 bits per heavy atom. The monoisotopic (exact) mass is 510 g/mol. The zero-order chi connectivity index (χ0) is 25.0. The van der Waals surface area contributed by atoms with E-state index in [1.165, 1.54) is 56.9 Å². The van der Waals surface area contributed by atoms with E-state index in [-0.39, 0.29) is 11.2 Å². The lowest BCUT2D eigenvalue weighted by molar-refractivity contribution is 0.434. The van der Waals surface area contributed by atoms with E-state index in [0.29, 0.717) is 23.6 Å². The second-order valence-corrected chi connectivity index (χ2v) is 11.2. The normalized spacial score (nSPS) is 21.9. The van der Waals surface area contributed by atoms with E-state index in [1.54, 1.807) is 12.1 Å². The molecule has 194 valence electrons. The molecule has 0 amide bonds. The minimum atomic E-state index is -0.193. The van der Waals surface area contributed by atoms with Crippen LogP contribution in [0.5, 0.6) is 0 Å². The number of halogens is 1. The number of anilines is 3. The van der Waals surface area contributed by atoms with Crippen LogP contribution in [-0.4, -0.2) is 47.3 Å². The first-order valence-electron chi connectivity index (χ1n) is 13.7. The summed E-state index contributed by atoms with van der Waals surface area (Å²) in [5.41, 5.74) is 1.16. The summed E-state index contributed by atoms with van der Waals surface area (Å²) in [5, 5.41) is 7.29. The zero-order valence-electron chi connectivity index (χ0n) is 21.4. The summed E-state index contributed by atoms with van der Waals surface area (Å²) in [6.07, 6.45) is 11.9. The fraction of sp³-hybridized carbons (Fsp3) is 0.607. The first kappa shape index (κ1) is 25.2. The first-order valence-corrected chi connectivity index (χ1v) is 14.1. The Morgan fingerprint density at radius 3 is 2.39 bits per heavy atom. The molecular weight excluding hydrogens is 471 g/mol. The maximum Gasteiger partial charge on any atom is 0.232 e. The van der Waals surface area contributed by atoms with Gasteiger partial charge in [-0.2, -0.15) is 9.97 Å². The van der Waals surface area contributed by atoms with Gasteiger partial charge in [0.25, 0.3) is 0 Å². The lowest BCUT2D eigenvalue weighted by atomic mass is 9.79. The molecule has 0 spiro atoms. The van der Waals surface area contributed by atoms with Gasteiger partial charge in [-0.25, -0.2) is 4.39 Å². The Bertz CT molecular complexity index is 1030. The van der Waals surface area contributed by atoms with Gasteiger partial charge in [-0.1, -0.05) is 25.0 Å². The van der Waals surface area contributed by atoms with Crippen molar-refractivity contribution in [3.63, 3.8) is 0 Å². The van der Waals surface area contributed by atoms with Crippen molar-refractivity contribution in [2.75, 3.05) is 41.3 Å². The minimum absolute atomic E-state index is 0.0235. The van der Waals surface area contributed by atoms with Crippen LogP contribution in [0.3, 0.4) is 0 Å². The average molecular weight is 511 g/mol. The molecule has 0 bridgehead atoms. The molecule has 2 saturated heterocycles. The number of nitrogens with one attached hydrogen (secondary N) is 2. The van der Waals surface area contributed by atoms with Gasteiger partial charge in [-0.3, -0.25) is 0 Å². The van der Waals surface area contributed by atoms with Gasteiger partial charge < -0.3 is 20.4 Å². The van der Waals surface area contributed by atoms with Gasteiger partial charge in [-0.15, -0.1) is 0 Å². The van der Waals surface area contributed by atoms with Crippen LogP contribution in [0.1, 0.15) is 76.7 Å². The molecule has 1 atom stereocenters. The maximum atomic E-state index is 13.5. The van der Waals surface area contributed by atoms with Gasteiger partial charge in [0.2, 0.25) is 5.95 Å². The summed E-state index contributed by atoms with van der Waals surface area (Å²) < 4.78 is 13.5. The summed E-state index contributed by atoms with van der Waals surface area (Å²) >= 11 is 5.72. The summed E-state index contributed by atoms with van der Waals surface area (Å²) in [7, 11) is 0. The largest absolute Gasteiger partial charge is 0.361 e. The van der Waals surface area contributed by atoms with Crippen molar-refractivity contribution < 1.29 is 4.39 Å². The van der Waals surface area contributed by atoms with Gasteiger partial charge in [0.1, 0.15) is 17.5 Å². The average Bonchev–Trinajstić information content (AvgIpc) is 3.39. The molecule has 2 N–H and O–H groups in total.